The molecule has 0 fully saturated rings. The molecule has 9 nitrogen and oxygen atoms in total. The third kappa shape index (κ3) is 4.15. The lowest BCUT2D eigenvalue weighted by atomic mass is 9.96. The Kier molecular flexibility index (Phi) is 5.58. The molecular weight excluding hydrogens is 469 g/mol. The predicted octanol–water partition coefficient (Wildman–Crippen LogP) is 4.54. The van der Waals surface area contributed by atoms with Crippen molar-refractivity contribution in [2.45, 2.75) is 24.7 Å². The van der Waals surface area contributed by atoms with E-state index in [1.165, 1.54) is 14.2 Å². The molecule has 1 aromatic heterocycles. The summed E-state index contributed by atoms with van der Waals surface area (Å²) in [5, 5.41) is 9.64. The Morgan fingerprint density at radius 3 is 2.63 bits per heavy atom. The van der Waals surface area contributed by atoms with E-state index >= 15 is 0 Å². The number of nitrogens with zero attached hydrogens (tertiary/aromatic N) is 2. The quantitative estimate of drug-likeness (QED) is 0.542. The highest BCUT2D eigenvalue weighted by Crippen LogP contribution is 2.45. The first kappa shape index (κ1) is 22.7. The van der Waals surface area contributed by atoms with Crippen LogP contribution in [0.4, 0.5) is 24.7 Å². The average molecular weight is 490 g/mol. The van der Waals surface area contributed by atoms with Crippen LogP contribution in [0.1, 0.15) is 34.4 Å². The van der Waals surface area contributed by atoms with E-state index in [1.54, 1.807) is 36.4 Å². The summed E-state index contributed by atoms with van der Waals surface area (Å²) in [6.45, 7) is 0.0734. The molecule has 2 aliphatic rings. The number of anilines is 2. The molecule has 0 saturated carbocycles. The number of amides is 1. The number of rotatable bonds is 5. The van der Waals surface area contributed by atoms with E-state index in [-0.39, 0.29) is 24.6 Å². The van der Waals surface area contributed by atoms with Crippen molar-refractivity contribution in [1.82, 2.24) is 9.78 Å². The van der Waals surface area contributed by atoms with Gasteiger partial charge in [-0.2, -0.15) is 18.3 Å². The van der Waals surface area contributed by atoms with Crippen molar-refractivity contribution in [2.75, 3.05) is 31.6 Å². The number of fused-ring (bicyclic) bond motifs is 2. The van der Waals surface area contributed by atoms with Crippen LogP contribution in [0.5, 0.6) is 23.0 Å². The zero-order valence-electron chi connectivity index (χ0n) is 18.7. The van der Waals surface area contributed by atoms with Crippen LogP contribution in [-0.2, 0) is 0 Å². The Balaban J connectivity index is 1.47. The van der Waals surface area contributed by atoms with E-state index in [0.29, 0.717) is 34.2 Å². The molecule has 12 heteroatoms. The van der Waals surface area contributed by atoms with Gasteiger partial charge in [0.05, 0.1) is 26.5 Å². The Bertz CT molecular complexity index is 1280. The molecule has 2 aromatic carbocycles. The SMILES string of the molecule is COc1ccc([C@@H]2C[C@H](C(F)(F)F)n3ncc(C(=O)Nc4ccc5c(c4)OCO5)c3N2)cc1OC. The predicted molar refractivity (Wildman–Crippen MR) is 118 cm³/mol. The molecule has 2 atom stereocenters. The third-order valence-corrected chi connectivity index (χ3v) is 5.92. The molecule has 2 N–H and O–H groups in total. The topological polar surface area (TPSA) is 95.9 Å². The van der Waals surface area contributed by atoms with Crippen LogP contribution in [0.3, 0.4) is 0 Å². The molecule has 0 aliphatic carbocycles. The van der Waals surface area contributed by atoms with Crippen LogP contribution in [-0.4, -0.2) is 42.9 Å². The minimum atomic E-state index is -4.58. The van der Waals surface area contributed by atoms with E-state index in [4.69, 9.17) is 18.9 Å². The van der Waals surface area contributed by atoms with Gasteiger partial charge in [-0.15, -0.1) is 0 Å². The maximum Gasteiger partial charge on any atom is 0.410 e. The van der Waals surface area contributed by atoms with Crippen molar-refractivity contribution in [3.63, 3.8) is 0 Å². The molecule has 184 valence electrons. The van der Waals surface area contributed by atoms with E-state index in [2.05, 4.69) is 15.7 Å². The largest absolute Gasteiger partial charge is 0.493 e. The van der Waals surface area contributed by atoms with Crippen LogP contribution in [0.25, 0.3) is 0 Å². The number of methoxy groups -OCH3 is 2. The van der Waals surface area contributed by atoms with E-state index in [1.807, 2.05) is 0 Å². The number of hydrogen-bond donors (Lipinski definition) is 2. The van der Waals surface area contributed by atoms with Crippen LogP contribution < -0.4 is 29.6 Å². The summed E-state index contributed by atoms with van der Waals surface area (Å²) in [5.74, 6) is 1.19. The van der Waals surface area contributed by atoms with Crippen molar-refractivity contribution in [3.8, 4) is 23.0 Å². The summed E-state index contributed by atoms with van der Waals surface area (Å²) < 4.78 is 63.9. The molecule has 0 unspecified atom stereocenters. The lowest BCUT2D eigenvalue weighted by molar-refractivity contribution is -0.173. The van der Waals surface area contributed by atoms with E-state index in [0.717, 1.165) is 10.9 Å². The van der Waals surface area contributed by atoms with Gasteiger partial charge < -0.3 is 29.6 Å². The number of carbonyl (C=O) groups is 1. The maximum atomic E-state index is 14.0. The van der Waals surface area contributed by atoms with Gasteiger partial charge in [0.15, 0.2) is 29.0 Å². The summed E-state index contributed by atoms with van der Waals surface area (Å²) in [6, 6.07) is 7.03. The van der Waals surface area contributed by atoms with Crippen molar-refractivity contribution < 1.29 is 36.9 Å². The number of nitrogens with one attached hydrogen (secondary N) is 2. The molecule has 0 saturated heterocycles. The van der Waals surface area contributed by atoms with Crippen LogP contribution in [0.15, 0.2) is 42.6 Å². The van der Waals surface area contributed by atoms with Gasteiger partial charge in [-0.25, -0.2) is 4.68 Å². The van der Waals surface area contributed by atoms with Gasteiger partial charge in [-0.05, 0) is 29.8 Å². The fourth-order valence-corrected chi connectivity index (χ4v) is 4.19. The van der Waals surface area contributed by atoms with Gasteiger partial charge in [0.1, 0.15) is 11.4 Å². The Morgan fingerprint density at radius 1 is 1.11 bits per heavy atom. The standard InChI is InChI=1S/C23H21F3N4O5/c1-32-16-5-3-12(7-18(16)33-2)15-9-20(23(24,25)26)30-21(29-15)14(10-27-30)22(31)28-13-4-6-17-19(8-13)35-11-34-17/h3-8,10,15,20,29H,9,11H2,1-2H3,(H,28,31)/t15-,20+/m0/s1. The molecule has 1 amide bonds. The van der Waals surface area contributed by atoms with E-state index < -0.39 is 24.2 Å². The highest BCUT2D eigenvalue weighted by atomic mass is 19.4. The van der Waals surface area contributed by atoms with Crippen molar-refractivity contribution >= 4 is 17.4 Å². The molecule has 35 heavy (non-hydrogen) atoms. The highest BCUT2D eigenvalue weighted by molar-refractivity contribution is 6.07. The lowest BCUT2D eigenvalue weighted by Crippen LogP contribution is -2.36. The molecule has 0 radical (unpaired) electrons. The second-order valence-electron chi connectivity index (χ2n) is 7.98. The third-order valence-electron chi connectivity index (χ3n) is 5.92. The molecule has 3 aromatic rings. The number of carbonyl (C=O) groups excluding carboxylic acids is 1. The molecule has 3 heterocycles. The first-order valence-electron chi connectivity index (χ1n) is 10.6. The number of alkyl halides is 3. The minimum Gasteiger partial charge on any atom is -0.493 e. The fourth-order valence-electron chi connectivity index (χ4n) is 4.19. The van der Waals surface area contributed by atoms with Crippen molar-refractivity contribution in [1.29, 1.82) is 0 Å². The zero-order valence-corrected chi connectivity index (χ0v) is 18.7. The number of aromatic nitrogens is 2. The summed E-state index contributed by atoms with van der Waals surface area (Å²) >= 11 is 0. The zero-order chi connectivity index (χ0) is 24.7. The summed E-state index contributed by atoms with van der Waals surface area (Å²) in [6.07, 6.45) is -3.78. The first-order chi connectivity index (χ1) is 16.8. The van der Waals surface area contributed by atoms with Crippen molar-refractivity contribution in [3.05, 3.63) is 53.7 Å². The fraction of sp³-hybridized carbons (Fsp3) is 0.304. The average Bonchev–Trinajstić information content (AvgIpc) is 3.48. The maximum absolute atomic E-state index is 14.0. The molecular formula is C23H21F3N4O5. The summed E-state index contributed by atoms with van der Waals surface area (Å²) in [7, 11) is 2.92. The number of benzene rings is 2. The normalized spacial score (nSPS) is 18.4. The number of ether oxygens (including phenoxy) is 4. The van der Waals surface area contributed by atoms with Gasteiger partial charge >= 0.3 is 6.18 Å². The van der Waals surface area contributed by atoms with Crippen LogP contribution in [0, 0.1) is 0 Å². The summed E-state index contributed by atoms with van der Waals surface area (Å²) in [5.41, 5.74) is 0.924. The first-order valence-corrected chi connectivity index (χ1v) is 10.6. The molecule has 2 aliphatic heterocycles. The van der Waals surface area contributed by atoms with Crippen LogP contribution in [0.2, 0.25) is 0 Å². The Labute approximate surface area is 197 Å². The highest BCUT2D eigenvalue weighted by Gasteiger charge is 2.47. The van der Waals surface area contributed by atoms with Gasteiger partial charge in [0.25, 0.3) is 5.91 Å². The minimum absolute atomic E-state index is 0.0258. The Morgan fingerprint density at radius 2 is 1.89 bits per heavy atom. The Hall–Kier alpha value is -4.09. The van der Waals surface area contributed by atoms with Gasteiger partial charge in [-0.3, -0.25) is 4.79 Å². The second-order valence-corrected chi connectivity index (χ2v) is 7.98. The van der Waals surface area contributed by atoms with Crippen molar-refractivity contribution in [2.24, 2.45) is 0 Å². The van der Waals surface area contributed by atoms with E-state index in [9.17, 15) is 18.0 Å². The second kappa shape index (κ2) is 8.60. The molecule has 5 rings (SSSR count). The summed E-state index contributed by atoms with van der Waals surface area (Å²) in [4.78, 5) is 13.0. The lowest BCUT2D eigenvalue weighted by Gasteiger charge is -2.34. The van der Waals surface area contributed by atoms with Crippen LogP contribution >= 0.6 is 0 Å². The number of hydrogen-bond acceptors (Lipinski definition) is 7. The van der Waals surface area contributed by atoms with Gasteiger partial charge in [0, 0.05) is 18.2 Å². The van der Waals surface area contributed by atoms with Gasteiger partial charge in [-0.1, -0.05) is 6.07 Å². The monoisotopic (exact) mass is 490 g/mol. The van der Waals surface area contributed by atoms with Gasteiger partial charge in [0.2, 0.25) is 6.79 Å². The molecule has 0 spiro atoms. The smallest absolute Gasteiger partial charge is 0.410 e. The number of halogens is 3. The molecule has 0 bridgehead atoms.